The van der Waals surface area contributed by atoms with Crippen molar-refractivity contribution < 1.29 is 4.39 Å². The number of hydrogen-bond donors (Lipinski definition) is 0. The third-order valence-electron chi connectivity index (χ3n) is 2.26. The van der Waals surface area contributed by atoms with Gasteiger partial charge in [-0.3, -0.25) is 0 Å². The zero-order valence-corrected chi connectivity index (χ0v) is 9.96. The number of halogens is 1. The normalized spacial score (nSPS) is 9.94. The molecule has 17 heavy (non-hydrogen) atoms. The van der Waals surface area contributed by atoms with Crippen molar-refractivity contribution in [3.63, 3.8) is 0 Å². The van der Waals surface area contributed by atoms with Gasteiger partial charge >= 0.3 is 0 Å². The summed E-state index contributed by atoms with van der Waals surface area (Å²) >= 11 is 1.36. The summed E-state index contributed by atoms with van der Waals surface area (Å²) in [5.41, 5.74) is 1.47. The predicted molar refractivity (Wildman–Crippen MR) is 64.2 cm³/mol. The van der Waals surface area contributed by atoms with E-state index in [1.165, 1.54) is 23.9 Å². The summed E-state index contributed by atoms with van der Waals surface area (Å²) in [6, 6.07) is 10.1. The summed E-state index contributed by atoms with van der Waals surface area (Å²) in [5, 5.41) is 9.71. The van der Waals surface area contributed by atoms with Gasteiger partial charge in [-0.1, -0.05) is 11.8 Å². The van der Waals surface area contributed by atoms with Gasteiger partial charge in [-0.25, -0.2) is 9.37 Å². The van der Waals surface area contributed by atoms with E-state index < -0.39 is 0 Å². The van der Waals surface area contributed by atoms with Gasteiger partial charge in [0.25, 0.3) is 0 Å². The van der Waals surface area contributed by atoms with Crippen molar-refractivity contribution in [2.45, 2.75) is 16.8 Å². The van der Waals surface area contributed by atoms with Gasteiger partial charge in [0, 0.05) is 11.1 Å². The van der Waals surface area contributed by atoms with E-state index in [0.29, 0.717) is 10.6 Å². The average molecular weight is 244 g/mol. The Morgan fingerprint density at radius 3 is 2.59 bits per heavy atom. The maximum Gasteiger partial charge on any atom is 0.123 e. The summed E-state index contributed by atoms with van der Waals surface area (Å²) in [6.07, 6.45) is 1.67. The minimum Gasteiger partial charge on any atom is -0.248 e. The Bertz CT molecular complexity index is 573. The van der Waals surface area contributed by atoms with Crippen molar-refractivity contribution in [2.24, 2.45) is 0 Å². The molecule has 0 amide bonds. The third-order valence-corrected chi connectivity index (χ3v) is 3.28. The van der Waals surface area contributed by atoms with E-state index in [4.69, 9.17) is 5.26 Å². The van der Waals surface area contributed by atoms with E-state index >= 15 is 0 Å². The van der Waals surface area contributed by atoms with Gasteiger partial charge in [0.15, 0.2) is 0 Å². The molecular formula is C13H9FN2S. The zero-order chi connectivity index (χ0) is 12.3. The van der Waals surface area contributed by atoms with Crippen molar-refractivity contribution in [1.29, 1.82) is 5.26 Å². The second-order valence-electron chi connectivity index (χ2n) is 3.48. The molecule has 2 rings (SSSR count). The first-order valence-corrected chi connectivity index (χ1v) is 5.81. The molecule has 0 bridgehead atoms. The van der Waals surface area contributed by atoms with Crippen LogP contribution in [0.2, 0.25) is 0 Å². The molecule has 0 saturated carbocycles. The Morgan fingerprint density at radius 2 is 1.94 bits per heavy atom. The summed E-state index contributed by atoms with van der Waals surface area (Å²) < 4.78 is 12.8. The van der Waals surface area contributed by atoms with E-state index in [0.717, 1.165) is 10.5 Å². The largest absolute Gasteiger partial charge is 0.248 e. The van der Waals surface area contributed by atoms with Gasteiger partial charge in [0.05, 0.1) is 5.56 Å². The zero-order valence-electron chi connectivity index (χ0n) is 9.14. The molecule has 0 unspecified atom stereocenters. The smallest absolute Gasteiger partial charge is 0.123 e. The highest BCUT2D eigenvalue weighted by molar-refractivity contribution is 7.99. The molecule has 0 N–H and O–H groups in total. The highest BCUT2D eigenvalue weighted by atomic mass is 32.2. The minimum atomic E-state index is -0.271. The fraction of sp³-hybridized carbons (Fsp3) is 0.0769. The molecule has 1 aromatic carbocycles. The molecule has 0 atom stereocenters. The second-order valence-corrected chi connectivity index (χ2v) is 4.54. The molecule has 1 aromatic heterocycles. The maximum absolute atomic E-state index is 12.8. The van der Waals surface area contributed by atoms with Crippen LogP contribution in [0.1, 0.15) is 11.1 Å². The number of aromatic nitrogens is 1. The molecule has 0 saturated heterocycles. The molecule has 0 aliphatic heterocycles. The van der Waals surface area contributed by atoms with Crippen LogP contribution in [0.3, 0.4) is 0 Å². The molecule has 2 aromatic rings. The van der Waals surface area contributed by atoms with Crippen molar-refractivity contribution in [3.8, 4) is 6.07 Å². The van der Waals surface area contributed by atoms with Crippen LogP contribution >= 0.6 is 11.8 Å². The Balaban J connectivity index is 2.34. The molecule has 4 heteroatoms. The lowest BCUT2D eigenvalue weighted by Crippen LogP contribution is -1.90. The van der Waals surface area contributed by atoms with E-state index in [9.17, 15) is 4.39 Å². The monoisotopic (exact) mass is 244 g/mol. The van der Waals surface area contributed by atoms with E-state index in [1.807, 2.05) is 6.92 Å². The molecule has 0 fully saturated rings. The van der Waals surface area contributed by atoms with Crippen LogP contribution in [0.4, 0.5) is 4.39 Å². The molecule has 0 spiro atoms. The Hall–Kier alpha value is -1.86. The van der Waals surface area contributed by atoms with Crippen LogP contribution < -0.4 is 0 Å². The fourth-order valence-electron chi connectivity index (χ4n) is 1.36. The number of benzene rings is 1. The molecule has 1 heterocycles. The minimum absolute atomic E-state index is 0.271. The summed E-state index contributed by atoms with van der Waals surface area (Å²) in [5.74, 6) is -0.271. The van der Waals surface area contributed by atoms with Crippen LogP contribution in [-0.2, 0) is 0 Å². The van der Waals surface area contributed by atoms with Gasteiger partial charge in [-0.05, 0) is 42.8 Å². The van der Waals surface area contributed by atoms with Gasteiger partial charge in [-0.2, -0.15) is 5.26 Å². The van der Waals surface area contributed by atoms with Crippen LogP contribution in [0.5, 0.6) is 0 Å². The van der Waals surface area contributed by atoms with Gasteiger partial charge in [0.2, 0.25) is 0 Å². The third kappa shape index (κ3) is 2.63. The van der Waals surface area contributed by atoms with Crippen molar-refractivity contribution >= 4 is 11.8 Å². The first-order valence-electron chi connectivity index (χ1n) is 5.00. The fourth-order valence-corrected chi connectivity index (χ4v) is 2.28. The molecular weight excluding hydrogens is 235 g/mol. The number of aryl methyl sites for hydroxylation is 1. The van der Waals surface area contributed by atoms with E-state index in [1.54, 1.807) is 24.4 Å². The second kappa shape index (κ2) is 4.98. The first-order chi connectivity index (χ1) is 8.20. The van der Waals surface area contributed by atoms with Crippen molar-refractivity contribution in [2.75, 3.05) is 0 Å². The van der Waals surface area contributed by atoms with Crippen LogP contribution in [0.15, 0.2) is 46.5 Å². The Labute approximate surface area is 103 Å². The number of rotatable bonds is 2. The molecule has 2 nitrogen and oxygen atoms in total. The van der Waals surface area contributed by atoms with E-state index in [-0.39, 0.29) is 5.82 Å². The number of nitriles is 1. The van der Waals surface area contributed by atoms with Crippen molar-refractivity contribution in [3.05, 3.63) is 53.5 Å². The first kappa shape index (κ1) is 11.6. The standard InChI is InChI=1S/C13H9FN2S/c1-9-6-7-16-13(12(9)8-15)17-11-4-2-10(14)3-5-11/h2-7H,1H3. The van der Waals surface area contributed by atoms with E-state index in [2.05, 4.69) is 11.1 Å². The average Bonchev–Trinajstić information content (AvgIpc) is 2.32. The highest BCUT2D eigenvalue weighted by Crippen LogP contribution is 2.29. The van der Waals surface area contributed by atoms with Crippen LogP contribution in [0, 0.1) is 24.1 Å². The molecule has 0 radical (unpaired) electrons. The number of pyridine rings is 1. The molecule has 0 aliphatic rings. The summed E-state index contributed by atoms with van der Waals surface area (Å²) in [7, 11) is 0. The van der Waals surface area contributed by atoms with Gasteiger partial charge in [-0.15, -0.1) is 0 Å². The predicted octanol–water partition coefficient (Wildman–Crippen LogP) is 3.55. The summed E-state index contributed by atoms with van der Waals surface area (Å²) in [4.78, 5) is 5.04. The Morgan fingerprint density at radius 1 is 1.24 bits per heavy atom. The number of nitrogens with zero attached hydrogens (tertiary/aromatic N) is 2. The molecule has 0 aliphatic carbocycles. The van der Waals surface area contributed by atoms with Crippen LogP contribution in [0.25, 0.3) is 0 Å². The van der Waals surface area contributed by atoms with Crippen molar-refractivity contribution in [1.82, 2.24) is 4.98 Å². The lowest BCUT2D eigenvalue weighted by atomic mass is 10.2. The lowest BCUT2D eigenvalue weighted by Gasteiger charge is -2.04. The summed E-state index contributed by atoms with van der Waals surface area (Å²) in [6.45, 7) is 1.87. The molecule has 84 valence electrons. The van der Waals surface area contributed by atoms with Gasteiger partial charge in [0.1, 0.15) is 16.9 Å². The quantitative estimate of drug-likeness (QED) is 0.810. The maximum atomic E-state index is 12.8. The van der Waals surface area contributed by atoms with Gasteiger partial charge < -0.3 is 0 Å². The van der Waals surface area contributed by atoms with Crippen LogP contribution in [-0.4, -0.2) is 4.98 Å². The topological polar surface area (TPSA) is 36.7 Å². The SMILES string of the molecule is Cc1ccnc(Sc2ccc(F)cc2)c1C#N. The number of hydrogen-bond acceptors (Lipinski definition) is 3. The lowest BCUT2D eigenvalue weighted by molar-refractivity contribution is 0.626. The Kier molecular flexibility index (Phi) is 3.40. The highest BCUT2D eigenvalue weighted by Gasteiger charge is 2.08.